The van der Waals surface area contributed by atoms with Gasteiger partial charge in [-0.15, -0.1) is 0 Å². The first-order valence-corrected chi connectivity index (χ1v) is 9.81. The van der Waals surface area contributed by atoms with Crippen LogP contribution in [0.15, 0.2) is 54.6 Å². The maximum atomic E-state index is 12.9. The minimum absolute atomic E-state index is 0.173. The van der Waals surface area contributed by atoms with E-state index >= 15 is 0 Å². The molecule has 0 spiro atoms. The maximum absolute atomic E-state index is 12.9. The van der Waals surface area contributed by atoms with Crippen LogP contribution in [-0.4, -0.2) is 44.2 Å². The van der Waals surface area contributed by atoms with Crippen molar-refractivity contribution >= 4 is 11.6 Å². The molecule has 1 unspecified atom stereocenters. The fourth-order valence-electron chi connectivity index (χ4n) is 3.46. The van der Waals surface area contributed by atoms with E-state index in [-0.39, 0.29) is 12.0 Å². The van der Waals surface area contributed by atoms with Crippen molar-refractivity contribution in [1.29, 1.82) is 0 Å². The lowest BCUT2D eigenvalue weighted by atomic mass is 10.1. The first-order valence-electron chi connectivity index (χ1n) is 9.81. The van der Waals surface area contributed by atoms with Gasteiger partial charge < -0.3 is 14.5 Å². The second kappa shape index (κ2) is 9.56. The van der Waals surface area contributed by atoms with E-state index in [1.54, 1.807) is 0 Å². The number of anilines is 1. The molecule has 144 valence electrons. The van der Waals surface area contributed by atoms with Crippen LogP contribution in [0.25, 0.3) is 0 Å². The Bertz CT molecular complexity index is 707. The summed E-state index contributed by atoms with van der Waals surface area (Å²) < 4.78 is 5.78. The molecule has 0 aromatic heterocycles. The summed E-state index contributed by atoms with van der Waals surface area (Å²) in [6, 6.07) is 18.7. The Kier molecular flexibility index (Phi) is 6.88. The van der Waals surface area contributed by atoms with Crippen molar-refractivity contribution in [2.75, 3.05) is 32.1 Å². The first-order chi connectivity index (χ1) is 13.1. The highest BCUT2D eigenvalue weighted by Crippen LogP contribution is 2.18. The molecule has 1 amide bonds. The van der Waals surface area contributed by atoms with Crippen LogP contribution in [0.4, 0.5) is 5.69 Å². The number of carbonyl (C=O) groups excluding carboxylic acids is 1. The predicted molar refractivity (Wildman–Crippen MR) is 110 cm³/mol. The summed E-state index contributed by atoms with van der Waals surface area (Å²) in [7, 11) is 4.07. The molecule has 1 saturated heterocycles. The predicted octanol–water partition coefficient (Wildman–Crippen LogP) is 3.89. The van der Waals surface area contributed by atoms with Gasteiger partial charge in [-0.25, -0.2) is 0 Å². The molecule has 1 atom stereocenters. The van der Waals surface area contributed by atoms with Crippen molar-refractivity contribution in [3.05, 3.63) is 65.7 Å². The zero-order chi connectivity index (χ0) is 19.1. The molecule has 0 saturated carbocycles. The van der Waals surface area contributed by atoms with Gasteiger partial charge in [-0.1, -0.05) is 42.5 Å². The first kappa shape index (κ1) is 19.4. The molecule has 1 heterocycles. The van der Waals surface area contributed by atoms with Gasteiger partial charge in [0.1, 0.15) is 0 Å². The molecule has 4 nitrogen and oxygen atoms in total. The Hall–Kier alpha value is -2.33. The van der Waals surface area contributed by atoms with Crippen LogP contribution in [0, 0.1) is 0 Å². The van der Waals surface area contributed by atoms with E-state index in [4.69, 9.17) is 4.74 Å². The highest BCUT2D eigenvalue weighted by atomic mass is 16.5. The Labute approximate surface area is 162 Å². The minimum Gasteiger partial charge on any atom is -0.378 e. The molecular formula is C23H30N2O2. The smallest absolute Gasteiger partial charge is 0.223 e. The third kappa shape index (κ3) is 5.83. The minimum atomic E-state index is 0.173. The molecule has 4 heteroatoms. The number of ether oxygens (including phenoxy) is 1. The van der Waals surface area contributed by atoms with E-state index in [2.05, 4.69) is 41.3 Å². The maximum Gasteiger partial charge on any atom is 0.223 e. The Morgan fingerprint density at radius 1 is 1.04 bits per heavy atom. The quantitative estimate of drug-likeness (QED) is 0.710. The number of nitrogens with zero attached hydrogens (tertiary/aromatic N) is 2. The van der Waals surface area contributed by atoms with Crippen molar-refractivity contribution in [2.45, 2.75) is 38.3 Å². The molecule has 0 N–H and O–H groups in total. The van der Waals surface area contributed by atoms with Crippen molar-refractivity contribution in [2.24, 2.45) is 0 Å². The average molecular weight is 367 g/mol. The van der Waals surface area contributed by atoms with E-state index < -0.39 is 0 Å². The lowest BCUT2D eigenvalue weighted by Gasteiger charge is -2.26. The number of hydrogen-bond donors (Lipinski definition) is 0. The third-order valence-corrected chi connectivity index (χ3v) is 5.10. The number of rotatable bonds is 8. The monoisotopic (exact) mass is 366 g/mol. The van der Waals surface area contributed by atoms with Gasteiger partial charge in [-0.05, 0) is 42.5 Å². The fourth-order valence-corrected chi connectivity index (χ4v) is 3.46. The molecule has 1 fully saturated rings. The highest BCUT2D eigenvalue weighted by Gasteiger charge is 2.22. The molecular weight excluding hydrogens is 336 g/mol. The number of carbonyl (C=O) groups is 1. The lowest BCUT2D eigenvalue weighted by Crippen LogP contribution is -2.37. The van der Waals surface area contributed by atoms with Crippen molar-refractivity contribution in [1.82, 2.24) is 4.90 Å². The normalized spacial score (nSPS) is 16.3. The van der Waals surface area contributed by atoms with Crippen LogP contribution in [0.5, 0.6) is 0 Å². The van der Waals surface area contributed by atoms with Gasteiger partial charge >= 0.3 is 0 Å². The number of hydrogen-bond acceptors (Lipinski definition) is 3. The second-order valence-corrected chi connectivity index (χ2v) is 7.46. The summed E-state index contributed by atoms with van der Waals surface area (Å²) in [6.45, 7) is 2.14. The zero-order valence-corrected chi connectivity index (χ0v) is 16.4. The summed E-state index contributed by atoms with van der Waals surface area (Å²) >= 11 is 0. The van der Waals surface area contributed by atoms with Crippen LogP contribution in [0.1, 0.15) is 30.4 Å². The summed E-state index contributed by atoms with van der Waals surface area (Å²) in [5.74, 6) is 0.200. The summed E-state index contributed by atoms with van der Waals surface area (Å²) in [5.41, 5.74) is 3.53. The largest absolute Gasteiger partial charge is 0.378 e. The van der Waals surface area contributed by atoms with E-state index in [1.807, 2.05) is 37.2 Å². The highest BCUT2D eigenvalue weighted by molar-refractivity contribution is 5.76. The number of amides is 1. The molecule has 27 heavy (non-hydrogen) atoms. The van der Waals surface area contributed by atoms with E-state index in [0.29, 0.717) is 19.5 Å². The number of benzene rings is 2. The van der Waals surface area contributed by atoms with Gasteiger partial charge in [-0.3, -0.25) is 4.79 Å². The van der Waals surface area contributed by atoms with Gasteiger partial charge in [0.25, 0.3) is 0 Å². The van der Waals surface area contributed by atoms with E-state index in [1.165, 1.54) is 11.3 Å². The number of aryl methyl sites for hydroxylation is 1. The molecule has 0 radical (unpaired) electrons. The van der Waals surface area contributed by atoms with Crippen LogP contribution >= 0.6 is 0 Å². The fraction of sp³-hybridized carbons (Fsp3) is 0.435. The van der Waals surface area contributed by atoms with Gasteiger partial charge in [0.05, 0.1) is 6.10 Å². The average Bonchev–Trinajstić information content (AvgIpc) is 3.20. The van der Waals surface area contributed by atoms with Gasteiger partial charge in [-0.2, -0.15) is 0 Å². The Balaban J connectivity index is 1.64. The summed E-state index contributed by atoms with van der Waals surface area (Å²) in [6.07, 6.45) is 3.62. The topological polar surface area (TPSA) is 32.8 Å². The molecule has 3 rings (SSSR count). The van der Waals surface area contributed by atoms with E-state index in [9.17, 15) is 4.79 Å². The molecule has 2 aromatic rings. The SMILES string of the molecule is CN(C)c1ccc(CN(CC2CCCO2)C(=O)CCc2ccccc2)cc1. The second-order valence-electron chi connectivity index (χ2n) is 7.46. The van der Waals surface area contributed by atoms with Gasteiger partial charge in [0.15, 0.2) is 0 Å². The lowest BCUT2D eigenvalue weighted by molar-refractivity contribution is -0.133. The van der Waals surface area contributed by atoms with Crippen LogP contribution in [0.3, 0.4) is 0 Å². The van der Waals surface area contributed by atoms with Gasteiger partial charge in [0.2, 0.25) is 5.91 Å². The van der Waals surface area contributed by atoms with Crippen LogP contribution in [-0.2, 0) is 22.5 Å². The molecule has 2 aromatic carbocycles. The zero-order valence-electron chi connectivity index (χ0n) is 16.4. The van der Waals surface area contributed by atoms with Crippen molar-refractivity contribution in [3.63, 3.8) is 0 Å². The van der Waals surface area contributed by atoms with Gasteiger partial charge in [0, 0.05) is 45.9 Å². The summed E-state index contributed by atoms with van der Waals surface area (Å²) in [4.78, 5) is 17.0. The van der Waals surface area contributed by atoms with Crippen molar-refractivity contribution < 1.29 is 9.53 Å². The molecule has 0 bridgehead atoms. The van der Waals surface area contributed by atoms with Crippen LogP contribution < -0.4 is 4.90 Å². The molecule has 0 aliphatic carbocycles. The Morgan fingerprint density at radius 3 is 2.41 bits per heavy atom. The van der Waals surface area contributed by atoms with E-state index in [0.717, 1.165) is 31.4 Å². The summed E-state index contributed by atoms with van der Waals surface area (Å²) in [5, 5.41) is 0. The molecule has 1 aliphatic heterocycles. The standard InChI is InChI=1S/C23H30N2O2/c1-24(2)21-13-10-20(11-14-21)17-25(18-22-9-6-16-27-22)23(26)15-12-19-7-4-3-5-8-19/h3-5,7-8,10-11,13-14,22H,6,9,12,15-18H2,1-2H3. The van der Waals surface area contributed by atoms with Crippen molar-refractivity contribution in [3.8, 4) is 0 Å². The Morgan fingerprint density at radius 2 is 1.78 bits per heavy atom. The molecule has 1 aliphatic rings. The van der Waals surface area contributed by atoms with Crippen LogP contribution in [0.2, 0.25) is 0 Å². The third-order valence-electron chi connectivity index (χ3n) is 5.10.